The maximum absolute atomic E-state index is 10.9. The van der Waals surface area contributed by atoms with Crippen molar-refractivity contribution >= 4 is 37.5 Å². The van der Waals surface area contributed by atoms with E-state index in [1.807, 2.05) is 18.2 Å². The summed E-state index contributed by atoms with van der Waals surface area (Å²) in [6, 6.07) is 9.03. The Labute approximate surface area is 139 Å². The fourth-order valence-electron chi connectivity index (χ4n) is 1.91. The van der Waals surface area contributed by atoms with Crippen LogP contribution in [0.25, 0.3) is 0 Å². The highest BCUT2D eigenvalue weighted by molar-refractivity contribution is 9.10. The van der Waals surface area contributed by atoms with Crippen molar-refractivity contribution in [3.63, 3.8) is 0 Å². The number of benzene rings is 2. The first-order valence-corrected chi connectivity index (χ1v) is 8.11. The van der Waals surface area contributed by atoms with Crippen molar-refractivity contribution < 1.29 is 9.66 Å². The lowest BCUT2D eigenvalue weighted by Gasteiger charge is -2.12. The van der Waals surface area contributed by atoms with Crippen LogP contribution in [0.2, 0.25) is 0 Å². The van der Waals surface area contributed by atoms with Crippen LogP contribution in [-0.2, 0) is 5.33 Å². The molecule has 4 nitrogen and oxygen atoms in total. The average molecular weight is 415 g/mol. The number of hydrogen-bond donors (Lipinski definition) is 0. The van der Waals surface area contributed by atoms with Gasteiger partial charge in [0.1, 0.15) is 11.5 Å². The van der Waals surface area contributed by atoms with Gasteiger partial charge in [-0.2, -0.15) is 0 Å². The van der Waals surface area contributed by atoms with Gasteiger partial charge in [-0.3, -0.25) is 10.1 Å². The van der Waals surface area contributed by atoms with E-state index in [9.17, 15) is 10.1 Å². The third kappa shape index (κ3) is 3.63. The molecule has 2 aromatic carbocycles. The van der Waals surface area contributed by atoms with Crippen LogP contribution >= 0.6 is 31.9 Å². The predicted octanol–water partition coefficient (Wildman–Crippen LogP) is 5.66. The first-order chi connectivity index (χ1) is 9.92. The van der Waals surface area contributed by atoms with Crippen LogP contribution in [0.15, 0.2) is 34.8 Å². The second kappa shape index (κ2) is 6.58. The molecule has 21 heavy (non-hydrogen) atoms. The van der Waals surface area contributed by atoms with Crippen molar-refractivity contribution in [2.45, 2.75) is 19.2 Å². The van der Waals surface area contributed by atoms with E-state index < -0.39 is 0 Å². The molecule has 0 radical (unpaired) electrons. The maximum atomic E-state index is 10.9. The molecule has 2 rings (SSSR count). The molecule has 0 aromatic heterocycles. The molecule has 0 N–H and O–H groups in total. The minimum Gasteiger partial charge on any atom is -0.456 e. The molecule has 0 aliphatic heterocycles. The number of ether oxygens (including phenoxy) is 1. The minimum absolute atomic E-state index is 0.105. The molecule has 0 saturated heterocycles. The van der Waals surface area contributed by atoms with Crippen LogP contribution < -0.4 is 4.74 Å². The number of halogens is 2. The number of hydrogen-bond acceptors (Lipinski definition) is 3. The van der Waals surface area contributed by atoms with Crippen LogP contribution in [0, 0.1) is 24.0 Å². The molecule has 0 bridgehead atoms. The quantitative estimate of drug-likeness (QED) is 0.368. The van der Waals surface area contributed by atoms with Gasteiger partial charge in [0.25, 0.3) is 5.69 Å². The molecule has 0 amide bonds. The molecule has 6 heteroatoms. The fraction of sp³-hybridized carbons (Fsp3) is 0.200. The van der Waals surface area contributed by atoms with Gasteiger partial charge >= 0.3 is 0 Å². The van der Waals surface area contributed by atoms with Gasteiger partial charge in [0.2, 0.25) is 0 Å². The van der Waals surface area contributed by atoms with Gasteiger partial charge in [-0.25, -0.2) is 0 Å². The Bertz CT molecular complexity index is 702. The summed E-state index contributed by atoms with van der Waals surface area (Å²) in [5.41, 5.74) is 2.54. The summed E-state index contributed by atoms with van der Waals surface area (Å²) in [5, 5.41) is 11.7. The zero-order valence-corrected chi connectivity index (χ0v) is 14.7. The largest absolute Gasteiger partial charge is 0.456 e. The topological polar surface area (TPSA) is 52.4 Å². The van der Waals surface area contributed by atoms with Crippen LogP contribution in [0.3, 0.4) is 0 Å². The van der Waals surface area contributed by atoms with E-state index in [1.54, 1.807) is 19.9 Å². The van der Waals surface area contributed by atoms with Crippen molar-refractivity contribution in [3.05, 3.63) is 61.6 Å². The smallest absolute Gasteiger partial charge is 0.272 e. The first-order valence-electron chi connectivity index (χ1n) is 6.20. The lowest BCUT2D eigenvalue weighted by molar-refractivity contribution is -0.385. The van der Waals surface area contributed by atoms with Gasteiger partial charge in [0, 0.05) is 17.0 Å². The van der Waals surface area contributed by atoms with Crippen LogP contribution in [0.4, 0.5) is 5.69 Å². The Morgan fingerprint density at radius 1 is 1.14 bits per heavy atom. The maximum Gasteiger partial charge on any atom is 0.272 e. The van der Waals surface area contributed by atoms with Crippen molar-refractivity contribution in [1.82, 2.24) is 0 Å². The van der Waals surface area contributed by atoms with E-state index in [1.165, 1.54) is 6.07 Å². The monoisotopic (exact) mass is 413 g/mol. The number of nitrogens with zero attached hydrogens (tertiary/aromatic N) is 1. The number of nitro groups is 1. The summed E-state index contributed by atoms with van der Waals surface area (Å²) in [7, 11) is 0. The standard InChI is InChI=1S/C15H13Br2NO3/c1-9-6-15(10(2)5-13(9)18(19)20)21-14-4-3-11(8-16)7-12(14)17/h3-7H,8H2,1-2H3. The molecular formula is C15H13Br2NO3. The highest BCUT2D eigenvalue weighted by Gasteiger charge is 2.15. The molecule has 0 saturated carbocycles. The van der Waals surface area contributed by atoms with E-state index in [0.29, 0.717) is 17.1 Å². The Hall–Kier alpha value is -1.40. The molecule has 0 spiro atoms. The van der Waals surface area contributed by atoms with Gasteiger partial charge < -0.3 is 4.74 Å². The molecule has 0 aliphatic rings. The summed E-state index contributed by atoms with van der Waals surface area (Å²) in [5.74, 6) is 1.29. The van der Waals surface area contributed by atoms with Gasteiger partial charge in [0.05, 0.1) is 9.40 Å². The number of rotatable bonds is 4. The molecule has 0 fully saturated rings. The van der Waals surface area contributed by atoms with Crippen molar-refractivity contribution in [2.24, 2.45) is 0 Å². The second-order valence-corrected chi connectivity index (χ2v) is 6.08. The van der Waals surface area contributed by atoms with E-state index >= 15 is 0 Å². The van der Waals surface area contributed by atoms with Gasteiger partial charge in [0.15, 0.2) is 0 Å². The molecule has 0 heterocycles. The summed E-state index contributed by atoms with van der Waals surface area (Å²) >= 11 is 6.87. The van der Waals surface area contributed by atoms with Crippen LogP contribution in [-0.4, -0.2) is 4.92 Å². The van der Waals surface area contributed by atoms with Crippen LogP contribution in [0.5, 0.6) is 11.5 Å². The molecular weight excluding hydrogens is 402 g/mol. The Morgan fingerprint density at radius 3 is 2.43 bits per heavy atom. The minimum atomic E-state index is -0.382. The lowest BCUT2D eigenvalue weighted by atomic mass is 10.1. The molecule has 0 atom stereocenters. The molecule has 110 valence electrons. The third-order valence-corrected chi connectivity index (χ3v) is 4.33. The van der Waals surface area contributed by atoms with E-state index in [0.717, 1.165) is 20.9 Å². The Morgan fingerprint density at radius 2 is 1.86 bits per heavy atom. The average Bonchev–Trinajstić information content (AvgIpc) is 2.44. The highest BCUT2D eigenvalue weighted by Crippen LogP contribution is 2.35. The summed E-state index contributed by atoms with van der Waals surface area (Å²) in [6.45, 7) is 3.50. The number of nitro benzene ring substituents is 1. The second-order valence-electron chi connectivity index (χ2n) is 4.66. The highest BCUT2D eigenvalue weighted by atomic mass is 79.9. The third-order valence-electron chi connectivity index (χ3n) is 3.06. The van der Waals surface area contributed by atoms with Gasteiger partial charge in [-0.15, -0.1) is 0 Å². The van der Waals surface area contributed by atoms with Crippen LogP contribution in [0.1, 0.15) is 16.7 Å². The van der Waals surface area contributed by atoms with E-state index in [4.69, 9.17) is 4.74 Å². The van der Waals surface area contributed by atoms with Gasteiger partial charge in [-0.05, 0) is 59.1 Å². The number of alkyl halides is 1. The zero-order valence-electron chi connectivity index (χ0n) is 11.5. The fourth-order valence-corrected chi connectivity index (χ4v) is 2.77. The molecule has 0 unspecified atom stereocenters. The van der Waals surface area contributed by atoms with Crippen molar-refractivity contribution in [1.29, 1.82) is 0 Å². The molecule has 2 aromatic rings. The predicted molar refractivity (Wildman–Crippen MR) is 89.4 cm³/mol. The van der Waals surface area contributed by atoms with Gasteiger partial charge in [-0.1, -0.05) is 22.0 Å². The summed E-state index contributed by atoms with van der Waals surface area (Å²) in [4.78, 5) is 10.5. The zero-order chi connectivity index (χ0) is 15.6. The van der Waals surface area contributed by atoms with Crippen molar-refractivity contribution in [2.75, 3.05) is 0 Å². The van der Waals surface area contributed by atoms with Crippen molar-refractivity contribution in [3.8, 4) is 11.5 Å². The Kier molecular flexibility index (Phi) is 5.00. The Balaban J connectivity index is 2.36. The summed E-state index contributed by atoms with van der Waals surface area (Å²) < 4.78 is 6.71. The SMILES string of the molecule is Cc1cc([N+](=O)[O-])c(C)cc1Oc1ccc(CBr)cc1Br. The number of aryl methyl sites for hydroxylation is 2. The molecule has 0 aliphatic carbocycles. The van der Waals surface area contributed by atoms with E-state index in [-0.39, 0.29) is 10.6 Å². The summed E-state index contributed by atoms with van der Waals surface area (Å²) in [6.07, 6.45) is 0. The first kappa shape index (κ1) is 16.0. The van der Waals surface area contributed by atoms with E-state index in [2.05, 4.69) is 31.9 Å². The lowest BCUT2D eigenvalue weighted by Crippen LogP contribution is -1.95. The normalized spacial score (nSPS) is 10.5.